The number of hydrogen-bond acceptors (Lipinski definition) is 3. The van der Waals surface area contributed by atoms with Gasteiger partial charge in [-0.05, 0) is 12.5 Å². The second kappa shape index (κ2) is 3.58. The summed E-state index contributed by atoms with van der Waals surface area (Å²) in [5.41, 5.74) is 5.49. The lowest BCUT2D eigenvalue weighted by Crippen LogP contribution is -2.40. The average Bonchev–Trinajstić information content (AvgIpc) is 2.54. The molecule has 1 aromatic carbocycles. The lowest BCUT2D eigenvalue weighted by atomic mass is 9.91. The van der Waals surface area contributed by atoms with Crippen LogP contribution in [0.3, 0.4) is 0 Å². The van der Waals surface area contributed by atoms with Crippen molar-refractivity contribution in [3.8, 4) is 0 Å². The quantitative estimate of drug-likeness (QED) is 0.328. The van der Waals surface area contributed by atoms with Crippen LogP contribution in [0, 0.1) is 5.41 Å². The number of carbonyl (C=O) groups excluding carboxylic acids is 2. The standard InChI is InChI=1S/C11H12N4O2/c1-11(9(16)14-10(17)15-11)7-4-2-6(3-5-7)8(12)13/h2-5H,1H3,(H3,12,13)(H2,14,15,16,17)/t11-/m1/s1. The predicted molar refractivity (Wildman–Crippen MR) is 61.5 cm³/mol. The maximum Gasteiger partial charge on any atom is 0.322 e. The first kappa shape index (κ1) is 11.1. The lowest BCUT2D eigenvalue weighted by molar-refractivity contribution is -0.123. The Morgan fingerprint density at radius 1 is 1.29 bits per heavy atom. The second-order valence-electron chi connectivity index (χ2n) is 4.02. The Bertz CT molecular complexity index is 509. The van der Waals surface area contributed by atoms with Crippen molar-refractivity contribution in [2.24, 2.45) is 5.73 Å². The third kappa shape index (κ3) is 1.73. The third-order valence-electron chi connectivity index (χ3n) is 2.82. The Labute approximate surface area is 97.7 Å². The van der Waals surface area contributed by atoms with Crippen LogP contribution in [0.1, 0.15) is 18.1 Å². The fourth-order valence-corrected chi connectivity index (χ4v) is 1.73. The summed E-state index contributed by atoms with van der Waals surface area (Å²) in [6.07, 6.45) is 0. The van der Waals surface area contributed by atoms with E-state index in [0.29, 0.717) is 11.1 Å². The van der Waals surface area contributed by atoms with Crippen LogP contribution in [-0.2, 0) is 10.3 Å². The smallest absolute Gasteiger partial charge is 0.322 e. The minimum Gasteiger partial charge on any atom is -0.384 e. The molecule has 0 radical (unpaired) electrons. The molecule has 1 fully saturated rings. The molecule has 88 valence electrons. The summed E-state index contributed by atoms with van der Waals surface area (Å²) in [4.78, 5) is 22.8. The number of amidine groups is 1. The summed E-state index contributed by atoms with van der Waals surface area (Å²) in [5, 5.41) is 12.0. The fourth-order valence-electron chi connectivity index (χ4n) is 1.73. The van der Waals surface area contributed by atoms with Gasteiger partial charge in [0.25, 0.3) is 5.91 Å². The third-order valence-corrected chi connectivity index (χ3v) is 2.82. The van der Waals surface area contributed by atoms with E-state index in [1.165, 1.54) is 0 Å². The Kier molecular flexibility index (Phi) is 2.35. The number of nitrogens with two attached hydrogens (primary N) is 1. The number of urea groups is 1. The number of nitrogen functional groups attached to an aromatic ring is 1. The van der Waals surface area contributed by atoms with Gasteiger partial charge in [0.15, 0.2) is 0 Å². The number of benzene rings is 1. The van der Waals surface area contributed by atoms with Crippen LogP contribution >= 0.6 is 0 Å². The van der Waals surface area contributed by atoms with Crippen molar-refractivity contribution >= 4 is 17.8 Å². The van der Waals surface area contributed by atoms with E-state index in [1.807, 2.05) is 0 Å². The Morgan fingerprint density at radius 2 is 1.88 bits per heavy atom. The van der Waals surface area contributed by atoms with Crippen LogP contribution in [-0.4, -0.2) is 17.8 Å². The highest BCUT2D eigenvalue weighted by molar-refractivity contribution is 6.07. The number of hydrogen-bond donors (Lipinski definition) is 4. The first-order valence-electron chi connectivity index (χ1n) is 5.02. The van der Waals surface area contributed by atoms with Crippen LogP contribution in [0.25, 0.3) is 0 Å². The van der Waals surface area contributed by atoms with Gasteiger partial charge in [-0.15, -0.1) is 0 Å². The normalized spacial score (nSPS) is 23.1. The van der Waals surface area contributed by atoms with E-state index >= 15 is 0 Å². The molecule has 17 heavy (non-hydrogen) atoms. The zero-order chi connectivity index (χ0) is 12.6. The summed E-state index contributed by atoms with van der Waals surface area (Å²) in [6.45, 7) is 1.62. The molecule has 6 nitrogen and oxygen atoms in total. The maximum atomic E-state index is 11.7. The van der Waals surface area contributed by atoms with Crippen LogP contribution in [0.15, 0.2) is 24.3 Å². The van der Waals surface area contributed by atoms with Gasteiger partial charge >= 0.3 is 6.03 Å². The summed E-state index contributed by atoms with van der Waals surface area (Å²) >= 11 is 0. The minimum atomic E-state index is -1.06. The van der Waals surface area contributed by atoms with Crippen LogP contribution in [0.5, 0.6) is 0 Å². The zero-order valence-electron chi connectivity index (χ0n) is 9.20. The van der Waals surface area contributed by atoms with E-state index in [2.05, 4.69) is 10.6 Å². The summed E-state index contributed by atoms with van der Waals surface area (Å²) in [7, 11) is 0. The molecular formula is C11H12N4O2. The highest BCUT2D eigenvalue weighted by atomic mass is 16.2. The summed E-state index contributed by atoms with van der Waals surface area (Å²) < 4.78 is 0. The molecule has 0 bridgehead atoms. The van der Waals surface area contributed by atoms with Crippen LogP contribution in [0.4, 0.5) is 4.79 Å². The fraction of sp³-hybridized carbons (Fsp3) is 0.182. The number of rotatable bonds is 2. The molecule has 1 saturated heterocycles. The Balaban J connectivity index is 2.37. The molecule has 1 aliphatic heterocycles. The predicted octanol–water partition coefficient (Wildman–Crippen LogP) is 0.0253. The average molecular weight is 232 g/mol. The highest BCUT2D eigenvalue weighted by Gasteiger charge is 2.43. The summed E-state index contributed by atoms with van der Waals surface area (Å²) in [5.74, 6) is -0.431. The lowest BCUT2D eigenvalue weighted by Gasteiger charge is -2.21. The van der Waals surface area contributed by atoms with E-state index in [4.69, 9.17) is 11.1 Å². The zero-order valence-corrected chi connectivity index (χ0v) is 9.20. The monoisotopic (exact) mass is 232 g/mol. The van der Waals surface area contributed by atoms with Gasteiger partial charge in [-0.1, -0.05) is 24.3 Å². The molecule has 0 spiro atoms. The van der Waals surface area contributed by atoms with E-state index < -0.39 is 17.5 Å². The van der Waals surface area contributed by atoms with Crippen LogP contribution < -0.4 is 16.4 Å². The molecular weight excluding hydrogens is 220 g/mol. The van der Waals surface area contributed by atoms with E-state index in [9.17, 15) is 9.59 Å². The van der Waals surface area contributed by atoms with E-state index in [-0.39, 0.29) is 5.84 Å². The van der Waals surface area contributed by atoms with E-state index in [1.54, 1.807) is 31.2 Å². The summed E-state index contributed by atoms with van der Waals surface area (Å²) in [6, 6.07) is 6.11. The molecule has 0 unspecified atom stereocenters. The van der Waals surface area contributed by atoms with Crippen molar-refractivity contribution < 1.29 is 9.59 Å². The van der Waals surface area contributed by atoms with Crippen molar-refractivity contribution in [2.45, 2.75) is 12.5 Å². The van der Waals surface area contributed by atoms with Gasteiger partial charge < -0.3 is 11.1 Å². The molecule has 2 rings (SSSR count). The van der Waals surface area contributed by atoms with Gasteiger partial charge in [0.2, 0.25) is 0 Å². The maximum absolute atomic E-state index is 11.7. The van der Waals surface area contributed by atoms with Gasteiger partial charge in [0.05, 0.1) is 0 Å². The Hall–Kier alpha value is -2.37. The van der Waals surface area contributed by atoms with Gasteiger partial charge in [-0.3, -0.25) is 15.5 Å². The number of nitrogens with one attached hydrogen (secondary N) is 3. The number of amides is 3. The molecule has 0 aliphatic carbocycles. The first-order chi connectivity index (χ1) is 7.93. The second-order valence-corrected chi connectivity index (χ2v) is 4.02. The minimum absolute atomic E-state index is 0.0402. The molecule has 0 saturated carbocycles. The van der Waals surface area contributed by atoms with Crippen molar-refractivity contribution in [3.05, 3.63) is 35.4 Å². The van der Waals surface area contributed by atoms with Gasteiger partial charge in [0, 0.05) is 5.56 Å². The molecule has 6 heteroatoms. The van der Waals surface area contributed by atoms with E-state index in [0.717, 1.165) is 0 Å². The molecule has 1 aromatic rings. The number of imide groups is 1. The molecule has 1 heterocycles. The van der Waals surface area contributed by atoms with Crippen molar-refractivity contribution in [3.63, 3.8) is 0 Å². The van der Waals surface area contributed by atoms with Gasteiger partial charge in [0.1, 0.15) is 11.4 Å². The molecule has 1 aliphatic rings. The van der Waals surface area contributed by atoms with Crippen molar-refractivity contribution in [1.82, 2.24) is 10.6 Å². The SMILES string of the molecule is C[C@]1(c2ccc(C(=N)N)cc2)NC(=O)NC1=O. The first-order valence-corrected chi connectivity index (χ1v) is 5.02. The van der Waals surface area contributed by atoms with Crippen molar-refractivity contribution in [1.29, 1.82) is 5.41 Å². The Morgan fingerprint density at radius 3 is 2.29 bits per heavy atom. The highest BCUT2D eigenvalue weighted by Crippen LogP contribution is 2.24. The largest absolute Gasteiger partial charge is 0.384 e. The van der Waals surface area contributed by atoms with Crippen molar-refractivity contribution in [2.75, 3.05) is 0 Å². The topological polar surface area (TPSA) is 108 Å². The van der Waals surface area contributed by atoms with Gasteiger partial charge in [-0.25, -0.2) is 4.79 Å². The molecule has 3 amide bonds. The van der Waals surface area contributed by atoms with Gasteiger partial charge in [-0.2, -0.15) is 0 Å². The molecule has 0 aromatic heterocycles. The molecule has 1 atom stereocenters. The van der Waals surface area contributed by atoms with Crippen LogP contribution in [0.2, 0.25) is 0 Å². The number of carbonyl (C=O) groups is 2. The molecule has 5 N–H and O–H groups in total.